The van der Waals surface area contributed by atoms with Gasteiger partial charge in [-0.05, 0) is 91.3 Å². The zero-order valence-corrected chi connectivity index (χ0v) is 17.8. The zero-order valence-electron chi connectivity index (χ0n) is 17.8. The molecule has 0 amide bonds. The average Bonchev–Trinajstić information content (AvgIpc) is 2.76. The summed E-state index contributed by atoms with van der Waals surface area (Å²) in [4.78, 5) is 12.7. The van der Waals surface area contributed by atoms with Crippen molar-refractivity contribution in [3.8, 4) is 5.75 Å². The molecule has 0 aliphatic heterocycles. The van der Waals surface area contributed by atoms with Crippen LogP contribution in [0.4, 0.5) is 8.78 Å². The number of rotatable bonds is 5. The van der Waals surface area contributed by atoms with E-state index in [9.17, 15) is 13.6 Å². The van der Waals surface area contributed by atoms with Crippen LogP contribution in [0.25, 0.3) is 10.8 Å². The third-order valence-electron chi connectivity index (χ3n) is 7.43. The minimum Gasteiger partial charge on any atom is -0.426 e. The van der Waals surface area contributed by atoms with E-state index >= 15 is 0 Å². The summed E-state index contributed by atoms with van der Waals surface area (Å²) in [6.45, 7) is 2.28. The SMILES string of the molecule is CCCC1CCC(C2CCC(C(=O)Oc3ccc4cc(F)c(F)cc4c3)CC2)CC1. The van der Waals surface area contributed by atoms with Crippen LogP contribution in [0.1, 0.15) is 71.1 Å². The second-order valence-corrected chi connectivity index (χ2v) is 9.38. The topological polar surface area (TPSA) is 26.3 Å². The van der Waals surface area contributed by atoms with Crippen molar-refractivity contribution in [1.82, 2.24) is 0 Å². The summed E-state index contributed by atoms with van der Waals surface area (Å²) in [6.07, 6.45) is 12.2. The molecular formula is C26H32F2O2. The predicted molar refractivity (Wildman–Crippen MR) is 115 cm³/mol. The van der Waals surface area contributed by atoms with Gasteiger partial charge in [-0.2, -0.15) is 0 Å². The van der Waals surface area contributed by atoms with Gasteiger partial charge in [-0.3, -0.25) is 4.79 Å². The molecule has 0 atom stereocenters. The van der Waals surface area contributed by atoms with Crippen molar-refractivity contribution in [3.63, 3.8) is 0 Å². The van der Waals surface area contributed by atoms with Crippen LogP contribution < -0.4 is 4.74 Å². The fraction of sp³-hybridized carbons (Fsp3) is 0.577. The summed E-state index contributed by atoms with van der Waals surface area (Å²) in [5.74, 6) is 0.914. The van der Waals surface area contributed by atoms with Crippen LogP contribution in [-0.2, 0) is 4.79 Å². The molecule has 30 heavy (non-hydrogen) atoms. The number of hydrogen-bond donors (Lipinski definition) is 0. The molecule has 0 spiro atoms. The number of ether oxygens (including phenoxy) is 1. The van der Waals surface area contributed by atoms with E-state index in [0.29, 0.717) is 16.5 Å². The van der Waals surface area contributed by atoms with Crippen molar-refractivity contribution >= 4 is 16.7 Å². The summed E-state index contributed by atoms with van der Waals surface area (Å²) >= 11 is 0. The Hall–Kier alpha value is -1.97. The van der Waals surface area contributed by atoms with Crippen LogP contribution in [0.3, 0.4) is 0 Å². The largest absolute Gasteiger partial charge is 0.426 e. The van der Waals surface area contributed by atoms with Gasteiger partial charge in [0.25, 0.3) is 0 Å². The third kappa shape index (κ3) is 4.84. The first-order chi connectivity index (χ1) is 14.5. The Morgan fingerprint density at radius 2 is 1.47 bits per heavy atom. The standard InChI is InChI=1S/C26H32F2O2/c1-2-3-17-4-6-18(7-5-17)19-8-10-20(11-9-19)26(29)30-23-13-12-21-15-24(27)25(28)16-22(21)14-23/h12-20H,2-11H2,1H3. The van der Waals surface area contributed by atoms with E-state index in [1.165, 1.54) is 38.5 Å². The van der Waals surface area contributed by atoms with Gasteiger partial charge in [0.2, 0.25) is 0 Å². The minimum atomic E-state index is -0.895. The first kappa shape index (κ1) is 21.3. The molecule has 2 aliphatic rings. The normalized spacial score (nSPS) is 27.2. The van der Waals surface area contributed by atoms with Crippen LogP contribution in [0.2, 0.25) is 0 Å². The summed E-state index contributed by atoms with van der Waals surface area (Å²) in [5.41, 5.74) is 0. The number of esters is 1. The fourth-order valence-corrected chi connectivity index (χ4v) is 5.67. The summed E-state index contributed by atoms with van der Waals surface area (Å²) in [6, 6.07) is 7.22. The van der Waals surface area contributed by atoms with E-state index in [-0.39, 0.29) is 11.9 Å². The number of carbonyl (C=O) groups excluding carboxylic acids is 1. The molecule has 2 aromatic carbocycles. The highest BCUT2D eigenvalue weighted by Gasteiger charge is 2.33. The van der Waals surface area contributed by atoms with E-state index in [2.05, 4.69) is 6.92 Å². The van der Waals surface area contributed by atoms with Gasteiger partial charge in [0.15, 0.2) is 11.6 Å². The van der Waals surface area contributed by atoms with E-state index in [0.717, 1.165) is 55.6 Å². The molecule has 162 valence electrons. The Balaban J connectivity index is 1.29. The molecule has 0 heterocycles. The highest BCUT2D eigenvalue weighted by Crippen LogP contribution is 2.42. The first-order valence-electron chi connectivity index (χ1n) is 11.6. The van der Waals surface area contributed by atoms with Gasteiger partial charge in [-0.15, -0.1) is 0 Å². The second kappa shape index (κ2) is 9.45. The molecule has 2 fully saturated rings. The monoisotopic (exact) mass is 414 g/mol. The van der Waals surface area contributed by atoms with Gasteiger partial charge >= 0.3 is 5.97 Å². The molecule has 2 aromatic rings. The number of fused-ring (bicyclic) bond motifs is 1. The lowest BCUT2D eigenvalue weighted by Crippen LogP contribution is -2.30. The number of hydrogen-bond acceptors (Lipinski definition) is 2. The van der Waals surface area contributed by atoms with Crippen molar-refractivity contribution < 1.29 is 18.3 Å². The van der Waals surface area contributed by atoms with E-state index in [1.54, 1.807) is 18.2 Å². The molecular weight excluding hydrogens is 382 g/mol. The maximum atomic E-state index is 13.5. The van der Waals surface area contributed by atoms with Gasteiger partial charge in [0, 0.05) is 0 Å². The molecule has 4 rings (SSSR count). The highest BCUT2D eigenvalue weighted by atomic mass is 19.2. The lowest BCUT2D eigenvalue weighted by atomic mass is 9.69. The van der Waals surface area contributed by atoms with Crippen molar-refractivity contribution in [1.29, 1.82) is 0 Å². The van der Waals surface area contributed by atoms with Crippen molar-refractivity contribution in [3.05, 3.63) is 42.0 Å². The van der Waals surface area contributed by atoms with Crippen LogP contribution in [0.15, 0.2) is 30.3 Å². The molecule has 2 nitrogen and oxygen atoms in total. The van der Waals surface area contributed by atoms with Crippen molar-refractivity contribution in [2.75, 3.05) is 0 Å². The Labute approximate surface area is 178 Å². The highest BCUT2D eigenvalue weighted by molar-refractivity contribution is 5.85. The zero-order chi connectivity index (χ0) is 21.1. The van der Waals surface area contributed by atoms with Crippen molar-refractivity contribution in [2.24, 2.45) is 23.7 Å². The fourth-order valence-electron chi connectivity index (χ4n) is 5.67. The molecule has 0 unspecified atom stereocenters. The smallest absolute Gasteiger partial charge is 0.314 e. The molecule has 4 heteroatoms. The Kier molecular flexibility index (Phi) is 6.70. The lowest BCUT2D eigenvalue weighted by Gasteiger charge is -2.37. The molecule has 0 radical (unpaired) electrons. The van der Waals surface area contributed by atoms with E-state index in [4.69, 9.17) is 4.74 Å². The van der Waals surface area contributed by atoms with Crippen molar-refractivity contribution in [2.45, 2.75) is 71.1 Å². The molecule has 0 aromatic heterocycles. The second-order valence-electron chi connectivity index (χ2n) is 9.38. The number of carbonyl (C=O) groups is 1. The van der Waals surface area contributed by atoms with Gasteiger partial charge in [0.05, 0.1) is 5.92 Å². The lowest BCUT2D eigenvalue weighted by molar-refractivity contribution is -0.140. The summed E-state index contributed by atoms with van der Waals surface area (Å²) in [5, 5.41) is 1.12. The molecule has 0 saturated heterocycles. The average molecular weight is 415 g/mol. The Bertz CT molecular complexity index is 878. The quantitative estimate of drug-likeness (QED) is 0.375. The van der Waals surface area contributed by atoms with Crippen LogP contribution >= 0.6 is 0 Å². The molecule has 0 N–H and O–H groups in total. The third-order valence-corrected chi connectivity index (χ3v) is 7.43. The maximum Gasteiger partial charge on any atom is 0.314 e. The van der Waals surface area contributed by atoms with E-state index < -0.39 is 11.6 Å². The molecule has 0 bridgehead atoms. The van der Waals surface area contributed by atoms with Gasteiger partial charge in [0.1, 0.15) is 5.75 Å². The minimum absolute atomic E-state index is 0.0571. The number of halogens is 2. The summed E-state index contributed by atoms with van der Waals surface area (Å²) < 4.78 is 32.5. The maximum absolute atomic E-state index is 13.5. The van der Waals surface area contributed by atoms with Gasteiger partial charge in [-0.25, -0.2) is 8.78 Å². The van der Waals surface area contributed by atoms with Gasteiger partial charge < -0.3 is 4.74 Å². The van der Waals surface area contributed by atoms with E-state index in [1.807, 2.05) is 0 Å². The Morgan fingerprint density at radius 1 is 0.867 bits per heavy atom. The van der Waals surface area contributed by atoms with Crippen LogP contribution in [0.5, 0.6) is 5.75 Å². The first-order valence-corrected chi connectivity index (χ1v) is 11.6. The Morgan fingerprint density at radius 3 is 2.10 bits per heavy atom. The molecule has 2 aliphatic carbocycles. The van der Waals surface area contributed by atoms with Gasteiger partial charge in [-0.1, -0.05) is 38.7 Å². The number of benzene rings is 2. The molecule has 2 saturated carbocycles. The van der Waals surface area contributed by atoms with Crippen LogP contribution in [0, 0.1) is 35.3 Å². The predicted octanol–water partition coefficient (Wildman–Crippen LogP) is 7.44. The van der Waals surface area contributed by atoms with Crippen LogP contribution in [-0.4, -0.2) is 5.97 Å². The summed E-state index contributed by atoms with van der Waals surface area (Å²) in [7, 11) is 0.